The second-order valence-electron chi connectivity index (χ2n) is 4.09. The van der Waals surface area contributed by atoms with Crippen LogP contribution in [0.3, 0.4) is 0 Å². The van der Waals surface area contributed by atoms with E-state index in [1.807, 2.05) is 54.6 Å². The largest absolute Gasteiger partial charge is 0.270 e. The zero-order valence-electron chi connectivity index (χ0n) is 10.6. The van der Waals surface area contributed by atoms with E-state index in [0.29, 0.717) is 5.02 Å². The topological polar surface area (TPSA) is 43.1 Å². The Morgan fingerprint density at radius 1 is 1.00 bits per heavy atom. The molecule has 2 rings (SSSR count). The fourth-order valence-electron chi connectivity index (χ4n) is 1.65. The summed E-state index contributed by atoms with van der Waals surface area (Å²) in [4.78, 5) is 10.1. The van der Waals surface area contributed by atoms with Gasteiger partial charge in [0.1, 0.15) is 0 Å². The van der Waals surface area contributed by atoms with Gasteiger partial charge in [0.15, 0.2) is 0 Å². The standard InChI is InChI=1S/C16H12ClNO2/c17-16-12-15(18(19)20)11-10-14(16)9-5-4-8-13-6-2-1-3-7-13/h1-12H/b8-4-,9-5+. The molecule has 0 heterocycles. The predicted octanol–water partition coefficient (Wildman–Crippen LogP) is 4.97. The van der Waals surface area contributed by atoms with E-state index in [4.69, 9.17) is 11.6 Å². The minimum absolute atomic E-state index is 0.00743. The average Bonchev–Trinajstić information content (AvgIpc) is 2.46. The van der Waals surface area contributed by atoms with Crippen molar-refractivity contribution in [2.45, 2.75) is 0 Å². The number of nitro benzene ring substituents is 1. The van der Waals surface area contributed by atoms with Crippen LogP contribution in [0, 0.1) is 10.1 Å². The Labute approximate surface area is 122 Å². The Morgan fingerprint density at radius 3 is 2.35 bits per heavy atom. The van der Waals surface area contributed by atoms with Gasteiger partial charge in [-0.15, -0.1) is 0 Å². The zero-order valence-corrected chi connectivity index (χ0v) is 11.3. The quantitative estimate of drug-likeness (QED) is 0.452. The Hall–Kier alpha value is -2.39. The van der Waals surface area contributed by atoms with Crippen molar-refractivity contribution in [3.63, 3.8) is 0 Å². The van der Waals surface area contributed by atoms with Crippen LogP contribution in [0.5, 0.6) is 0 Å². The van der Waals surface area contributed by atoms with Crippen LogP contribution < -0.4 is 0 Å². The molecule has 0 amide bonds. The molecule has 0 unspecified atom stereocenters. The number of benzene rings is 2. The minimum atomic E-state index is -0.464. The molecule has 2 aromatic rings. The molecule has 0 bridgehead atoms. The van der Waals surface area contributed by atoms with E-state index in [1.165, 1.54) is 12.1 Å². The molecular weight excluding hydrogens is 274 g/mol. The molecule has 0 aromatic heterocycles. The molecule has 100 valence electrons. The smallest absolute Gasteiger partial charge is 0.258 e. The highest BCUT2D eigenvalue weighted by molar-refractivity contribution is 6.32. The summed E-state index contributed by atoms with van der Waals surface area (Å²) in [6.07, 6.45) is 7.52. The predicted molar refractivity (Wildman–Crippen MR) is 82.6 cm³/mol. The first-order valence-corrected chi connectivity index (χ1v) is 6.38. The SMILES string of the molecule is O=[N+]([O-])c1ccc(/C=C/C=C\c2ccccc2)c(Cl)c1. The van der Waals surface area contributed by atoms with Gasteiger partial charge >= 0.3 is 0 Å². The number of hydrogen-bond donors (Lipinski definition) is 0. The van der Waals surface area contributed by atoms with E-state index >= 15 is 0 Å². The van der Waals surface area contributed by atoms with Crippen molar-refractivity contribution in [1.82, 2.24) is 0 Å². The van der Waals surface area contributed by atoms with Gasteiger partial charge in [0.25, 0.3) is 5.69 Å². The number of halogens is 1. The van der Waals surface area contributed by atoms with Crippen molar-refractivity contribution in [2.24, 2.45) is 0 Å². The Bertz CT molecular complexity index is 663. The molecule has 0 atom stereocenters. The molecule has 0 fully saturated rings. The lowest BCUT2D eigenvalue weighted by atomic mass is 10.1. The van der Waals surface area contributed by atoms with E-state index in [0.717, 1.165) is 11.1 Å². The van der Waals surface area contributed by atoms with Gasteiger partial charge < -0.3 is 0 Å². The summed E-state index contributed by atoms with van der Waals surface area (Å²) in [5.74, 6) is 0. The van der Waals surface area contributed by atoms with E-state index in [-0.39, 0.29) is 5.69 Å². The lowest BCUT2D eigenvalue weighted by Gasteiger charge is -1.97. The maximum atomic E-state index is 10.6. The summed E-state index contributed by atoms with van der Waals surface area (Å²) in [6.45, 7) is 0. The number of allylic oxidation sites excluding steroid dienone is 2. The van der Waals surface area contributed by atoms with Crippen molar-refractivity contribution in [3.8, 4) is 0 Å². The second kappa shape index (κ2) is 6.68. The van der Waals surface area contributed by atoms with Crippen molar-refractivity contribution >= 4 is 29.4 Å². The van der Waals surface area contributed by atoms with Crippen molar-refractivity contribution < 1.29 is 4.92 Å². The number of rotatable bonds is 4. The van der Waals surface area contributed by atoms with Gasteiger partial charge in [0.05, 0.1) is 9.95 Å². The average molecular weight is 286 g/mol. The highest BCUT2D eigenvalue weighted by Crippen LogP contribution is 2.23. The van der Waals surface area contributed by atoms with Crippen LogP contribution >= 0.6 is 11.6 Å². The van der Waals surface area contributed by atoms with E-state index in [9.17, 15) is 10.1 Å². The first-order valence-electron chi connectivity index (χ1n) is 6.00. The Kier molecular flexibility index (Phi) is 4.69. The maximum absolute atomic E-state index is 10.6. The van der Waals surface area contributed by atoms with Crippen LogP contribution in [-0.4, -0.2) is 4.92 Å². The third-order valence-electron chi connectivity index (χ3n) is 2.67. The molecule has 20 heavy (non-hydrogen) atoms. The lowest BCUT2D eigenvalue weighted by molar-refractivity contribution is -0.384. The maximum Gasteiger partial charge on any atom is 0.270 e. The lowest BCUT2D eigenvalue weighted by Crippen LogP contribution is -1.87. The molecule has 4 heteroatoms. The Morgan fingerprint density at radius 2 is 1.70 bits per heavy atom. The number of nitro groups is 1. The van der Waals surface area contributed by atoms with Crippen LogP contribution in [0.4, 0.5) is 5.69 Å². The minimum Gasteiger partial charge on any atom is -0.258 e. The van der Waals surface area contributed by atoms with Crippen LogP contribution in [0.15, 0.2) is 60.7 Å². The fraction of sp³-hybridized carbons (Fsp3) is 0. The van der Waals surface area contributed by atoms with E-state index in [1.54, 1.807) is 6.07 Å². The molecular formula is C16H12ClNO2. The molecule has 0 N–H and O–H groups in total. The number of nitrogens with zero attached hydrogens (tertiary/aromatic N) is 1. The normalized spacial score (nSPS) is 11.2. The number of hydrogen-bond acceptors (Lipinski definition) is 2. The van der Waals surface area contributed by atoms with Crippen molar-refractivity contribution in [1.29, 1.82) is 0 Å². The highest BCUT2D eigenvalue weighted by atomic mass is 35.5. The van der Waals surface area contributed by atoms with Gasteiger partial charge in [-0.2, -0.15) is 0 Å². The summed E-state index contributed by atoms with van der Waals surface area (Å²) in [7, 11) is 0. The van der Waals surface area contributed by atoms with E-state index < -0.39 is 4.92 Å². The molecule has 0 aliphatic rings. The molecule has 0 spiro atoms. The summed E-state index contributed by atoms with van der Waals surface area (Å²) in [5, 5.41) is 11.0. The summed E-state index contributed by atoms with van der Waals surface area (Å²) >= 11 is 5.99. The summed E-state index contributed by atoms with van der Waals surface area (Å²) in [5.41, 5.74) is 1.84. The zero-order chi connectivity index (χ0) is 14.4. The van der Waals surface area contributed by atoms with Gasteiger partial charge in [-0.25, -0.2) is 0 Å². The van der Waals surface area contributed by atoms with E-state index in [2.05, 4.69) is 0 Å². The molecule has 0 saturated heterocycles. The van der Waals surface area contributed by atoms with Gasteiger partial charge in [-0.1, -0.05) is 66.2 Å². The number of non-ortho nitro benzene ring substituents is 1. The van der Waals surface area contributed by atoms with Crippen molar-refractivity contribution in [3.05, 3.63) is 86.9 Å². The first kappa shape index (κ1) is 14.0. The summed E-state index contributed by atoms with van der Waals surface area (Å²) in [6, 6.07) is 14.3. The van der Waals surface area contributed by atoms with Gasteiger partial charge in [-0.3, -0.25) is 10.1 Å². The third kappa shape index (κ3) is 3.80. The first-order chi connectivity index (χ1) is 9.66. The molecule has 0 saturated carbocycles. The molecule has 0 radical (unpaired) electrons. The molecule has 0 aliphatic carbocycles. The van der Waals surface area contributed by atoms with Crippen LogP contribution in [0.1, 0.15) is 11.1 Å². The summed E-state index contributed by atoms with van der Waals surface area (Å²) < 4.78 is 0. The van der Waals surface area contributed by atoms with Crippen LogP contribution in [0.25, 0.3) is 12.2 Å². The van der Waals surface area contributed by atoms with Crippen molar-refractivity contribution in [2.75, 3.05) is 0 Å². The fourth-order valence-corrected chi connectivity index (χ4v) is 1.89. The van der Waals surface area contributed by atoms with Gasteiger partial charge in [0.2, 0.25) is 0 Å². The second-order valence-corrected chi connectivity index (χ2v) is 4.50. The van der Waals surface area contributed by atoms with Gasteiger partial charge in [-0.05, 0) is 17.2 Å². The van der Waals surface area contributed by atoms with Crippen LogP contribution in [0.2, 0.25) is 5.02 Å². The molecule has 3 nitrogen and oxygen atoms in total. The van der Waals surface area contributed by atoms with Crippen LogP contribution in [-0.2, 0) is 0 Å². The molecule has 2 aromatic carbocycles. The highest BCUT2D eigenvalue weighted by Gasteiger charge is 2.07. The monoisotopic (exact) mass is 285 g/mol. The van der Waals surface area contributed by atoms with Gasteiger partial charge in [0, 0.05) is 12.1 Å². The Balaban J connectivity index is 2.08. The molecule has 0 aliphatic heterocycles. The third-order valence-corrected chi connectivity index (χ3v) is 3.00.